The van der Waals surface area contributed by atoms with Gasteiger partial charge in [-0.3, -0.25) is 4.79 Å². The summed E-state index contributed by atoms with van der Waals surface area (Å²) in [5.74, 6) is 1.34. The van der Waals surface area contributed by atoms with Gasteiger partial charge in [-0.25, -0.2) is 0 Å². The molecule has 0 aromatic rings. The number of carbonyl (C=O) groups excluding carboxylic acids is 1. The van der Waals surface area contributed by atoms with E-state index in [9.17, 15) is 4.79 Å². The smallest absolute Gasteiger partial charge is 0.222 e. The molecule has 4 heteroatoms. The third-order valence-electron chi connectivity index (χ3n) is 2.57. The van der Waals surface area contributed by atoms with Crippen molar-refractivity contribution in [2.45, 2.75) is 19.3 Å². The summed E-state index contributed by atoms with van der Waals surface area (Å²) in [5.41, 5.74) is 0. The maximum Gasteiger partial charge on any atom is 0.222 e. The summed E-state index contributed by atoms with van der Waals surface area (Å²) in [6, 6.07) is 0. The number of methoxy groups -OCH3 is 1. The minimum atomic E-state index is 0.240. The first-order chi connectivity index (χ1) is 6.77. The van der Waals surface area contributed by atoms with Crippen LogP contribution >= 0.6 is 11.6 Å². The Hall–Kier alpha value is -0.280. The molecule has 1 atom stereocenters. The van der Waals surface area contributed by atoms with Crippen LogP contribution in [0.3, 0.4) is 0 Å². The number of amides is 1. The quantitative estimate of drug-likeness (QED) is 0.656. The van der Waals surface area contributed by atoms with E-state index < -0.39 is 0 Å². The van der Waals surface area contributed by atoms with Crippen LogP contribution in [-0.2, 0) is 9.53 Å². The van der Waals surface area contributed by atoms with Crippen LogP contribution in [0, 0.1) is 5.92 Å². The van der Waals surface area contributed by atoms with E-state index in [1.54, 1.807) is 7.11 Å². The standard InChI is InChI=1S/C10H18ClNO2/c1-14-8-9-4-6-12(7-9)10(13)3-2-5-11/h9H,2-8H2,1H3. The second kappa shape index (κ2) is 6.25. The molecular formula is C10H18ClNO2. The van der Waals surface area contributed by atoms with Crippen molar-refractivity contribution >= 4 is 17.5 Å². The molecule has 0 aromatic carbocycles. The second-order valence-corrected chi connectivity index (χ2v) is 4.12. The molecule has 1 aliphatic heterocycles. The highest BCUT2D eigenvalue weighted by Gasteiger charge is 2.25. The van der Waals surface area contributed by atoms with Gasteiger partial charge in [-0.2, -0.15) is 0 Å². The summed E-state index contributed by atoms with van der Waals surface area (Å²) in [6.07, 6.45) is 2.44. The van der Waals surface area contributed by atoms with Gasteiger partial charge in [-0.15, -0.1) is 11.6 Å². The summed E-state index contributed by atoms with van der Waals surface area (Å²) in [7, 11) is 1.71. The minimum absolute atomic E-state index is 0.240. The van der Waals surface area contributed by atoms with Gasteiger partial charge < -0.3 is 9.64 Å². The van der Waals surface area contributed by atoms with Crippen molar-refractivity contribution in [2.75, 3.05) is 32.7 Å². The third-order valence-corrected chi connectivity index (χ3v) is 2.83. The number of ether oxygens (including phenoxy) is 1. The van der Waals surface area contributed by atoms with Gasteiger partial charge in [-0.1, -0.05) is 0 Å². The molecule has 1 amide bonds. The van der Waals surface area contributed by atoms with E-state index in [1.165, 1.54) is 0 Å². The molecule has 0 aromatic heterocycles. The van der Waals surface area contributed by atoms with Crippen LogP contribution in [0.5, 0.6) is 0 Å². The van der Waals surface area contributed by atoms with E-state index in [0.29, 0.717) is 18.2 Å². The van der Waals surface area contributed by atoms with Crippen LogP contribution in [0.2, 0.25) is 0 Å². The Morgan fingerprint density at radius 3 is 3.07 bits per heavy atom. The molecule has 82 valence electrons. The van der Waals surface area contributed by atoms with E-state index in [1.807, 2.05) is 4.90 Å². The third kappa shape index (κ3) is 3.46. The molecule has 1 saturated heterocycles. The minimum Gasteiger partial charge on any atom is -0.384 e. The average Bonchev–Trinajstić information content (AvgIpc) is 2.63. The topological polar surface area (TPSA) is 29.5 Å². The van der Waals surface area contributed by atoms with E-state index in [4.69, 9.17) is 16.3 Å². The van der Waals surface area contributed by atoms with Crippen LogP contribution in [0.25, 0.3) is 0 Å². The van der Waals surface area contributed by atoms with Crippen molar-refractivity contribution in [2.24, 2.45) is 5.92 Å². The van der Waals surface area contributed by atoms with Gasteiger partial charge in [0.2, 0.25) is 5.91 Å². The molecule has 0 spiro atoms. The van der Waals surface area contributed by atoms with E-state index in [0.717, 1.165) is 32.5 Å². The molecule has 3 nitrogen and oxygen atoms in total. The lowest BCUT2D eigenvalue weighted by molar-refractivity contribution is -0.130. The highest BCUT2D eigenvalue weighted by atomic mass is 35.5. The first kappa shape index (κ1) is 11.8. The van der Waals surface area contributed by atoms with Gasteiger partial charge in [0.15, 0.2) is 0 Å². The van der Waals surface area contributed by atoms with Gasteiger partial charge in [-0.05, 0) is 12.8 Å². The average molecular weight is 220 g/mol. The zero-order valence-corrected chi connectivity index (χ0v) is 9.42. The first-order valence-corrected chi connectivity index (χ1v) is 5.64. The normalized spacial score (nSPS) is 21.6. The van der Waals surface area contributed by atoms with Crippen molar-refractivity contribution in [1.82, 2.24) is 4.90 Å². The van der Waals surface area contributed by atoms with Gasteiger partial charge in [0.25, 0.3) is 0 Å². The molecule has 1 rings (SSSR count). The number of likely N-dealkylation sites (tertiary alicyclic amines) is 1. The lowest BCUT2D eigenvalue weighted by Gasteiger charge is -2.15. The Balaban J connectivity index is 2.23. The van der Waals surface area contributed by atoms with Gasteiger partial charge >= 0.3 is 0 Å². The summed E-state index contributed by atoms with van der Waals surface area (Å²) >= 11 is 5.54. The van der Waals surface area contributed by atoms with Crippen LogP contribution < -0.4 is 0 Å². The van der Waals surface area contributed by atoms with Crippen molar-refractivity contribution in [3.63, 3.8) is 0 Å². The van der Waals surface area contributed by atoms with E-state index in [-0.39, 0.29) is 5.91 Å². The Morgan fingerprint density at radius 1 is 1.64 bits per heavy atom. The molecule has 0 aliphatic carbocycles. The van der Waals surface area contributed by atoms with E-state index >= 15 is 0 Å². The zero-order chi connectivity index (χ0) is 10.4. The Labute approximate surface area is 90.4 Å². The highest BCUT2D eigenvalue weighted by molar-refractivity contribution is 6.17. The van der Waals surface area contributed by atoms with Crippen LogP contribution in [0.4, 0.5) is 0 Å². The predicted octanol–water partition coefficient (Wildman–Crippen LogP) is 1.50. The summed E-state index contributed by atoms with van der Waals surface area (Å²) in [4.78, 5) is 13.5. The SMILES string of the molecule is COCC1CCN(C(=O)CCCCl)C1. The van der Waals surface area contributed by atoms with Crippen molar-refractivity contribution in [3.8, 4) is 0 Å². The molecule has 1 fully saturated rings. The Bertz CT molecular complexity index is 187. The van der Waals surface area contributed by atoms with Crippen LogP contribution in [-0.4, -0.2) is 43.5 Å². The zero-order valence-electron chi connectivity index (χ0n) is 8.67. The maximum absolute atomic E-state index is 11.6. The monoisotopic (exact) mass is 219 g/mol. The van der Waals surface area contributed by atoms with Crippen LogP contribution in [0.1, 0.15) is 19.3 Å². The van der Waals surface area contributed by atoms with E-state index in [2.05, 4.69) is 0 Å². The van der Waals surface area contributed by atoms with Gasteiger partial charge in [0.1, 0.15) is 0 Å². The number of alkyl halides is 1. The molecule has 0 bridgehead atoms. The predicted molar refractivity (Wildman–Crippen MR) is 56.5 cm³/mol. The first-order valence-electron chi connectivity index (χ1n) is 5.10. The largest absolute Gasteiger partial charge is 0.384 e. The summed E-state index contributed by atoms with van der Waals surface area (Å²) in [5, 5.41) is 0. The van der Waals surface area contributed by atoms with Gasteiger partial charge in [0, 0.05) is 38.4 Å². The van der Waals surface area contributed by atoms with Gasteiger partial charge in [0.05, 0.1) is 6.61 Å². The van der Waals surface area contributed by atoms with Crippen molar-refractivity contribution < 1.29 is 9.53 Å². The second-order valence-electron chi connectivity index (χ2n) is 3.74. The maximum atomic E-state index is 11.6. The molecule has 0 radical (unpaired) electrons. The lowest BCUT2D eigenvalue weighted by atomic mass is 10.1. The highest BCUT2D eigenvalue weighted by Crippen LogP contribution is 2.17. The fourth-order valence-electron chi connectivity index (χ4n) is 1.81. The molecular weight excluding hydrogens is 202 g/mol. The molecule has 1 heterocycles. The Kier molecular flexibility index (Phi) is 5.26. The lowest BCUT2D eigenvalue weighted by Crippen LogP contribution is -2.29. The molecule has 1 unspecified atom stereocenters. The Morgan fingerprint density at radius 2 is 2.43 bits per heavy atom. The van der Waals surface area contributed by atoms with Crippen molar-refractivity contribution in [3.05, 3.63) is 0 Å². The fraction of sp³-hybridized carbons (Fsp3) is 0.900. The number of carbonyl (C=O) groups is 1. The molecule has 14 heavy (non-hydrogen) atoms. The van der Waals surface area contributed by atoms with Crippen molar-refractivity contribution in [1.29, 1.82) is 0 Å². The number of hydrogen-bond acceptors (Lipinski definition) is 2. The number of rotatable bonds is 5. The number of halogens is 1. The molecule has 1 aliphatic rings. The summed E-state index contributed by atoms with van der Waals surface area (Å²) in [6.45, 7) is 2.50. The molecule has 0 saturated carbocycles. The molecule has 0 N–H and O–H groups in total. The fourth-order valence-corrected chi connectivity index (χ4v) is 1.94. The number of nitrogens with zero attached hydrogens (tertiary/aromatic N) is 1. The number of hydrogen-bond donors (Lipinski definition) is 0. The summed E-state index contributed by atoms with van der Waals surface area (Å²) < 4.78 is 5.08. The van der Waals surface area contributed by atoms with Crippen LogP contribution in [0.15, 0.2) is 0 Å².